The SMILES string of the molecule is Nc1ccncc1CC(O)c1cc(Br)ccc1N. The first-order valence-electron chi connectivity index (χ1n) is 5.49. The molecule has 0 saturated carbocycles. The third kappa shape index (κ3) is 2.80. The summed E-state index contributed by atoms with van der Waals surface area (Å²) in [6.07, 6.45) is 2.97. The summed E-state index contributed by atoms with van der Waals surface area (Å²) in [5.74, 6) is 0. The number of aromatic nitrogens is 1. The maximum atomic E-state index is 10.2. The molecule has 0 fully saturated rings. The molecule has 94 valence electrons. The van der Waals surface area contributed by atoms with Gasteiger partial charge in [0.05, 0.1) is 6.10 Å². The molecule has 1 unspecified atom stereocenters. The van der Waals surface area contributed by atoms with Crippen molar-refractivity contribution < 1.29 is 5.11 Å². The molecule has 5 N–H and O–H groups in total. The van der Waals surface area contributed by atoms with Gasteiger partial charge in [-0.05, 0) is 29.8 Å². The lowest BCUT2D eigenvalue weighted by atomic mass is 10.0. The van der Waals surface area contributed by atoms with Crippen molar-refractivity contribution in [1.82, 2.24) is 4.98 Å². The van der Waals surface area contributed by atoms with Gasteiger partial charge < -0.3 is 16.6 Å². The van der Waals surface area contributed by atoms with Crippen molar-refractivity contribution in [3.8, 4) is 0 Å². The first-order valence-corrected chi connectivity index (χ1v) is 6.28. The molecule has 1 heterocycles. The summed E-state index contributed by atoms with van der Waals surface area (Å²) in [4.78, 5) is 4.00. The van der Waals surface area contributed by atoms with Gasteiger partial charge in [-0.3, -0.25) is 4.98 Å². The Kier molecular flexibility index (Phi) is 3.84. The predicted octanol–water partition coefficient (Wildman–Crippen LogP) is 2.28. The minimum absolute atomic E-state index is 0.389. The van der Waals surface area contributed by atoms with Gasteiger partial charge in [-0.25, -0.2) is 0 Å². The molecule has 0 spiro atoms. The van der Waals surface area contributed by atoms with Gasteiger partial charge in [0.15, 0.2) is 0 Å². The summed E-state index contributed by atoms with van der Waals surface area (Å²) in [5.41, 5.74) is 14.4. The minimum atomic E-state index is -0.700. The zero-order valence-corrected chi connectivity index (χ0v) is 11.3. The molecular weight excluding hydrogens is 294 g/mol. The van der Waals surface area contributed by atoms with Crippen molar-refractivity contribution in [2.75, 3.05) is 11.5 Å². The number of hydrogen-bond acceptors (Lipinski definition) is 4. The van der Waals surface area contributed by atoms with E-state index < -0.39 is 6.10 Å². The third-order valence-electron chi connectivity index (χ3n) is 2.76. The first kappa shape index (κ1) is 12.9. The topological polar surface area (TPSA) is 85.2 Å². The van der Waals surface area contributed by atoms with E-state index in [-0.39, 0.29) is 0 Å². The molecule has 1 aromatic heterocycles. The lowest BCUT2D eigenvalue weighted by Crippen LogP contribution is -2.07. The van der Waals surface area contributed by atoms with Crippen LogP contribution in [-0.2, 0) is 6.42 Å². The lowest BCUT2D eigenvalue weighted by Gasteiger charge is -2.14. The Labute approximate surface area is 114 Å². The monoisotopic (exact) mass is 307 g/mol. The Morgan fingerprint density at radius 2 is 2.00 bits per heavy atom. The molecule has 4 nitrogen and oxygen atoms in total. The summed E-state index contributed by atoms with van der Waals surface area (Å²) in [6.45, 7) is 0. The average molecular weight is 308 g/mol. The number of benzene rings is 1. The highest BCUT2D eigenvalue weighted by atomic mass is 79.9. The highest BCUT2D eigenvalue weighted by molar-refractivity contribution is 9.10. The van der Waals surface area contributed by atoms with Gasteiger partial charge in [0.25, 0.3) is 0 Å². The minimum Gasteiger partial charge on any atom is -0.398 e. The van der Waals surface area contributed by atoms with Gasteiger partial charge in [-0.15, -0.1) is 0 Å². The molecule has 0 aliphatic heterocycles. The Hall–Kier alpha value is -1.59. The number of nitrogens with two attached hydrogens (primary N) is 2. The molecule has 2 aromatic rings. The van der Waals surface area contributed by atoms with E-state index in [9.17, 15) is 5.11 Å². The number of nitrogens with zero attached hydrogens (tertiary/aromatic N) is 1. The van der Waals surface area contributed by atoms with Crippen LogP contribution in [0.1, 0.15) is 17.2 Å². The molecule has 0 radical (unpaired) electrons. The standard InChI is InChI=1S/C13H14BrN3O/c14-9-1-2-12(16)10(6-9)13(18)5-8-7-17-4-3-11(8)15/h1-4,6-7,13,18H,5,16H2,(H2,15,17). The molecule has 1 atom stereocenters. The van der Waals surface area contributed by atoms with Gasteiger partial charge in [0.1, 0.15) is 0 Å². The fourth-order valence-corrected chi connectivity index (χ4v) is 2.14. The van der Waals surface area contributed by atoms with Crippen molar-refractivity contribution in [1.29, 1.82) is 0 Å². The van der Waals surface area contributed by atoms with Crippen LogP contribution in [0.15, 0.2) is 41.1 Å². The molecule has 0 bridgehead atoms. The quantitative estimate of drug-likeness (QED) is 0.759. The first-order chi connectivity index (χ1) is 8.58. The number of hydrogen-bond donors (Lipinski definition) is 3. The number of pyridine rings is 1. The van der Waals surface area contributed by atoms with Gasteiger partial charge in [-0.2, -0.15) is 0 Å². The molecule has 18 heavy (non-hydrogen) atoms. The van der Waals surface area contributed by atoms with Gasteiger partial charge in [0, 0.05) is 40.2 Å². The van der Waals surface area contributed by atoms with Crippen LogP contribution in [0.4, 0.5) is 11.4 Å². The smallest absolute Gasteiger partial charge is 0.0851 e. The zero-order valence-electron chi connectivity index (χ0n) is 9.68. The number of rotatable bonds is 3. The van der Waals surface area contributed by atoms with Gasteiger partial charge >= 0.3 is 0 Å². The molecular formula is C13H14BrN3O. The second kappa shape index (κ2) is 5.37. The van der Waals surface area contributed by atoms with Crippen LogP contribution < -0.4 is 11.5 Å². The second-order valence-electron chi connectivity index (χ2n) is 4.07. The van der Waals surface area contributed by atoms with Crippen LogP contribution in [-0.4, -0.2) is 10.1 Å². The number of aliphatic hydroxyl groups is 1. The van der Waals surface area contributed by atoms with Gasteiger partial charge in [-0.1, -0.05) is 15.9 Å². The predicted molar refractivity (Wildman–Crippen MR) is 75.9 cm³/mol. The van der Waals surface area contributed by atoms with Crippen molar-refractivity contribution in [2.24, 2.45) is 0 Å². The normalized spacial score (nSPS) is 12.3. The van der Waals surface area contributed by atoms with Crippen LogP contribution in [0.2, 0.25) is 0 Å². The van der Waals surface area contributed by atoms with E-state index in [1.54, 1.807) is 24.5 Å². The number of anilines is 2. The molecule has 0 amide bonds. The van der Waals surface area contributed by atoms with Crippen LogP contribution in [0.3, 0.4) is 0 Å². The maximum absolute atomic E-state index is 10.2. The maximum Gasteiger partial charge on any atom is 0.0851 e. The second-order valence-corrected chi connectivity index (χ2v) is 4.98. The Bertz CT molecular complexity index is 560. The molecule has 1 aromatic carbocycles. The molecule has 0 saturated heterocycles. The van der Waals surface area contributed by atoms with Crippen LogP contribution >= 0.6 is 15.9 Å². The van der Waals surface area contributed by atoms with E-state index >= 15 is 0 Å². The van der Waals surface area contributed by atoms with Crippen molar-refractivity contribution in [3.63, 3.8) is 0 Å². The summed E-state index contributed by atoms with van der Waals surface area (Å²) >= 11 is 3.36. The summed E-state index contributed by atoms with van der Waals surface area (Å²) in [5, 5.41) is 10.2. The van der Waals surface area contributed by atoms with Crippen LogP contribution in [0.5, 0.6) is 0 Å². The Balaban J connectivity index is 2.25. The fourth-order valence-electron chi connectivity index (χ4n) is 1.76. The van der Waals surface area contributed by atoms with Crippen molar-refractivity contribution in [3.05, 3.63) is 52.3 Å². The number of aliphatic hydroxyl groups excluding tert-OH is 1. The molecule has 0 aliphatic rings. The van der Waals surface area contributed by atoms with Crippen molar-refractivity contribution >= 4 is 27.3 Å². The zero-order chi connectivity index (χ0) is 13.1. The summed E-state index contributed by atoms with van der Waals surface area (Å²) < 4.78 is 0.880. The average Bonchev–Trinajstić information content (AvgIpc) is 2.35. The molecule has 0 aliphatic carbocycles. The lowest BCUT2D eigenvalue weighted by molar-refractivity contribution is 0.179. The number of halogens is 1. The molecule has 5 heteroatoms. The van der Waals surface area contributed by atoms with Gasteiger partial charge in [0.2, 0.25) is 0 Å². The van der Waals surface area contributed by atoms with E-state index in [2.05, 4.69) is 20.9 Å². The Morgan fingerprint density at radius 3 is 2.72 bits per heavy atom. The van der Waals surface area contributed by atoms with E-state index in [0.717, 1.165) is 10.0 Å². The fraction of sp³-hybridized carbons (Fsp3) is 0.154. The Morgan fingerprint density at radius 1 is 1.22 bits per heavy atom. The third-order valence-corrected chi connectivity index (χ3v) is 3.26. The van der Waals surface area contributed by atoms with E-state index in [0.29, 0.717) is 23.4 Å². The number of nitrogen functional groups attached to an aromatic ring is 2. The van der Waals surface area contributed by atoms with Crippen LogP contribution in [0, 0.1) is 0 Å². The van der Waals surface area contributed by atoms with Crippen LogP contribution in [0.25, 0.3) is 0 Å². The van der Waals surface area contributed by atoms with Crippen molar-refractivity contribution in [2.45, 2.75) is 12.5 Å². The highest BCUT2D eigenvalue weighted by Gasteiger charge is 2.13. The molecule has 2 rings (SSSR count). The summed E-state index contributed by atoms with van der Waals surface area (Å²) in [6, 6.07) is 7.12. The largest absolute Gasteiger partial charge is 0.398 e. The highest BCUT2D eigenvalue weighted by Crippen LogP contribution is 2.28. The summed E-state index contributed by atoms with van der Waals surface area (Å²) in [7, 11) is 0. The van der Waals surface area contributed by atoms with E-state index in [1.807, 2.05) is 12.1 Å². The van der Waals surface area contributed by atoms with E-state index in [4.69, 9.17) is 11.5 Å². The van der Waals surface area contributed by atoms with E-state index in [1.165, 1.54) is 0 Å².